The Hall–Kier alpha value is -2.33. The number of nitrogens with zero attached hydrogens (tertiary/aromatic N) is 2. The lowest BCUT2D eigenvalue weighted by atomic mass is 10.1. The number of anilines is 1. The first-order valence-corrected chi connectivity index (χ1v) is 9.62. The van der Waals surface area contributed by atoms with Gasteiger partial charge >= 0.3 is 6.03 Å². The summed E-state index contributed by atoms with van der Waals surface area (Å²) in [6, 6.07) is 18.9. The van der Waals surface area contributed by atoms with Gasteiger partial charge in [0.1, 0.15) is 0 Å². The lowest BCUT2D eigenvalue weighted by molar-refractivity contribution is 0.189. The fourth-order valence-corrected chi connectivity index (χ4v) is 3.64. The van der Waals surface area contributed by atoms with Crippen molar-refractivity contribution in [1.82, 2.24) is 9.80 Å². The molecule has 2 aromatic carbocycles. The van der Waals surface area contributed by atoms with Crippen LogP contribution in [-0.2, 0) is 13.0 Å². The molecular formula is C22H29N3O. The fourth-order valence-electron chi connectivity index (χ4n) is 3.64. The predicted molar refractivity (Wildman–Crippen MR) is 107 cm³/mol. The number of likely N-dealkylation sites (tertiary alicyclic amines) is 1. The number of carbonyl (C=O) groups excluding carboxylic acids is 1. The van der Waals surface area contributed by atoms with Gasteiger partial charge in [0.25, 0.3) is 0 Å². The van der Waals surface area contributed by atoms with E-state index in [4.69, 9.17) is 0 Å². The number of rotatable bonds is 6. The number of hydrogen-bond donors (Lipinski definition) is 1. The highest BCUT2D eigenvalue weighted by Gasteiger charge is 2.29. The number of aryl methyl sites for hydroxylation is 1. The summed E-state index contributed by atoms with van der Waals surface area (Å²) in [6.07, 6.45) is 2.04. The van der Waals surface area contributed by atoms with E-state index in [1.807, 2.05) is 23.1 Å². The van der Waals surface area contributed by atoms with Gasteiger partial charge in [0.2, 0.25) is 0 Å². The Balaban J connectivity index is 1.56. The molecule has 0 aromatic heterocycles. The minimum absolute atomic E-state index is 0.00306. The zero-order valence-corrected chi connectivity index (χ0v) is 15.8. The van der Waals surface area contributed by atoms with E-state index in [0.29, 0.717) is 0 Å². The van der Waals surface area contributed by atoms with E-state index >= 15 is 0 Å². The maximum Gasteiger partial charge on any atom is 0.322 e. The van der Waals surface area contributed by atoms with Crippen LogP contribution in [0.2, 0.25) is 0 Å². The van der Waals surface area contributed by atoms with Crippen molar-refractivity contribution >= 4 is 11.7 Å². The summed E-state index contributed by atoms with van der Waals surface area (Å²) in [4.78, 5) is 17.2. The quantitative estimate of drug-likeness (QED) is 0.838. The Kier molecular flexibility index (Phi) is 6.29. The SMILES string of the molecule is CCc1ccc(NC(=O)N(CC)C2CCN(Cc3ccccc3)C2)cc1. The monoisotopic (exact) mass is 351 g/mol. The number of amides is 2. The van der Waals surface area contributed by atoms with Crippen molar-refractivity contribution in [2.45, 2.75) is 39.3 Å². The maximum atomic E-state index is 12.7. The Morgan fingerprint density at radius 2 is 1.81 bits per heavy atom. The van der Waals surface area contributed by atoms with E-state index in [1.54, 1.807) is 0 Å². The molecule has 1 aliphatic rings. The zero-order chi connectivity index (χ0) is 18.4. The van der Waals surface area contributed by atoms with Gasteiger partial charge in [-0.05, 0) is 43.0 Å². The number of carbonyl (C=O) groups is 1. The third kappa shape index (κ3) is 4.64. The lowest BCUT2D eigenvalue weighted by Gasteiger charge is -2.28. The molecule has 0 spiro atoms. The van der Waals surface area contributed by atoms with Crippen LogP contribution in [0, 0.1) is 0 Å². The predicted octanol–water partition coefficient (Wildman–Crippen LogP) is 4.38. The summed E-state index contributed by atoms with van der Waals surface area (Å²) < 4.78 is 0. The van der Waals surface area contributed by atoms with E-state index in [9.17, 15) is 4.79 Å². The number of likely N-dealkylation sites (N-methyl/N-ethyl adjacent to an activating group) is 1. The molecule has 138 valence electrons. The summed E-state index contributed by atoms with van der Waals surface area (Å²) in [6.45, 7) is 7.84. The second kappa shape index (κ2) is 8.86. The lowest BCUT2D eigenvalue weighted by Crippen LogP contribution is -2.44. The van der Waals surface area contributed by atoms with Crippen LogP contribution in [0.3, 0.4) is 0 Å². The molecule has 4 nitrogen and oxygen atoms in total. The van der Waals surface area contributed by atoms with E-state index in [2.05, 4.69) is 60.5 Å². The third-order valence-electron chi connectivity index (χ3n) is 5.15. The Morgan fingerprint density at radius 3 is 2.46 bits per heavy atom. The Morgan fingerprint density at radius 1 is 1.08 bits per heavy atom. The fraction of sp³-hybridized carbons (Fsp3) is 0.409. The number of urea groups is 1. The van der Waals surface area contributed by atoms with Crippen LogP contribution in [0.4, 0.5) is 10.5 Å². The van der Waals surface area contributed by atoms with Crippen molar-refractivity contribution in [3.63, 3.8) is 0 Å². The van der Waals surface area contributed by atoms with Gasteiger partial charge in [-0.1, -0.05) is 49.4 Å². The van der Waals surface area contributed by atoms with Gasteiger partial charge in [0, 0.05) is 37.9 Å². The van der Waals surface area contributed by atoms with E-state index in [1.165, 1.54) is 11.1 Å². The molecule has 1 heterocycles. The smallest absolute Gasteiger partial charge is 0.320 e. The molecule has 1 unspecified atom stereocenters. The average molecular weight is 351 g/mol. The Labute approximate surface area is 156 Å². The minimum Gasteiger partial charge on any atom is -0.320 e. The molecule has 2 aromatic rings. The third-order valence-corrected chi connectivity index (χ3v) is 5.15. The molecule has 3 rings (SSSR count). The number of nitrogens with one attached hydrogen (secondary N) is 1. The van der Waals surface area contributed by atoms with Crippen LogP contribution in [0.1, 0.15) is 31.4 Å². The van der Waals surface area contributed by atoms with Gasteiger partial charge in [-0.2, -0.15) is 0 Å². The van der Waals surface area contributed by atoms with Gasteiger partial charge in [-0.15, -0.1) is 0 Å². The molecule has 1 aliphatic heterocycles. The second-order valence-corrected chi connectivity index (χ2v) is 6.93. The first-order valence-electron chi connectivity index (χ1n) is 9.62. The largest absolute Gasteiger partial charge is 0.322 e. The molecule has 26 heavy (non-hydrogen) atoms. The molecule has 0 aliphatic carbocycles. The van der Waals surface area contributed by atoms with Gasteiger partial charge in [-0.25, -0.2) is 4.79 Å². The standard InChI is InChI=1S/C22H29N3O/c1-3-18-10-12-20(13-11-18)23-22(26)25(4-2)21-14-15-24(17-21)16-19-8-6-5-7-9-19/h5-13,21H,3-4,14-17H2,1-2H3,(H,23,26). The zero-order valence-electron chi connectivity index (χ0n) is 15.8. The summed E-state index contributed by atoms with van der Waals surface area (Å²) in [7, 11) is 0. The molecule has 2 amide bonds. The normalized spacial score (nSPS) is 17.2. The van der Waals surface area contributed by atoms with Gasteiger partial charge in [0.15, 0.2) is 0 Å². The van der Waals surface area contributed by atoms with E-state index in [-0.39, 0.29) is 12.1 Å². The van der Waals surface area contributed by atoms with E-state index < -0.39 is 0 Å². The van der Waals surface area contributed by atoms with Gasteiger partial charge in [0.05, 0.1) is 0 Å². The first kappa shape index (κ1) is 18.5. The number of benzene rings is 2. The first-order chi connectivity index (χ1) is 12.7. The molecule has 0 saturated carbocycles. The van der Waals surface area contributed by atoms with Gasteiger partial charge < -0.3 is 10.2 Å². The van der Waals surface area contributed by atoms with Crippen LogP contribution in [0.25, 0.3) is 0 Å². The van der Waals surface area contributed by atoms with Crippen LogP contribution >= 0.6 is 0 Å². The molecule has 1 N–H and O–H groups in total. The topological polar surface area (TPSA) is 35.6 Å². The number of hydrogen-bond acceptors (Lipinski definition) is 2. The highest BCUT2D eigenvalue weighted by Crippen LogP contribution is 2.19. The summed E-state index contributed by atoms with van der Waals surface area (Å²) >= 11 is 0. The molecular weight excluding hydrogens is 322 g/mol. The molecule has 1 fully saturated rings. The highest BCUT2D eigenvalue weighted by atomic mass is 16.2. The minimum atomic E-state index is 0.00306. The molecule has 1 atom stereocenters. The van der Waals surface area contributed by atoms with Crippen molar-refractivity contribution < 1.29 is 4.79 Å². The highest BCUT2D eigenvalue weighted by molar-refractivity contribution is 5.89. The Bertz CT molecular complexity index is 699. The van der Waals surface area contributed by atoms with Crippen LogP contribution in [-0.4, -0.2) is 41.5 Å². The van der Waals surface area contributed by atoms with Crippen molar-refractivity contribution in [2.75, 3.05) is 25.0 Å². The summed E-state index contributed by atoms with van der Waals surface area (Å²) in [5.74, 6) is 0. The summed E-state index contributed by atoms with van der Waals surface area (Å²) in [5, 5.41) is 3.05. The van der Waals surface area contributed by atoms with Crippen molar-refractivity contribution in [3.05, 3.63) is 65.7 Å². The molecule has 1 saturated heterocycles. The van der Waals surface area contributed by atoms with Crippen LogP contribution in [0.5, 0.6) is 0 Å². The molecule has 0 radical (unpaired) electrons. The summed E-state index contributed by atoms with van der Waals surface area (Å²) in [5.41, 5.74) is 3.48. The van der Waals surface area contributed by atoms with Gasteiger partial charge in [-0.3, -0.25) is 4.90 Å². The van der Waals surface area contributed by atoms with Crippen LogP contribution < -0.4 is 5.32 Å². The van der Waals surface area contributed by atoms with Crippen molar-refractivity contribution in [3.8, 4) is 0 Å². The van der Waals surface area contributed by atoms with E-state index in [0.717, 1.165) is 44.7 Å². The van der Waals surface area contributed by atoms with Crippen LogP contribution in [0.15, 0.2) is 54.6 Å². The molecule has 0 bridgehead atoms. The van der Waals surface area contributed by atoms with Crippen molar-refractivity contribution in [2.24, 2.45) is 0 Å². The molecule has 4 heteroatoms. The average Bonchev–Trinajstić information content (AvgIpc) is 3.12. The second-order valence-electron chi connectivity index (χ2n) is 6.93. The maximum absolute atomic E-state index is 12.7. The van der Waals surface area contributed by atoms with Crippen molar-refractivity contribution in [1.29, 1.82) is 0 Å².